The number of benzene rings is 1. The molecule has 1 fully saturated rings. The minimum atomic E-state index is -0.344. The lowest BCUT2D eigenvalue weighted by Crippen LogP contribution is -2.31. The highest BCUT2D eigenvalue weighted by molar-refractivity contribution is 9.10. The predicted molar refractivity (Wildman–Crippen MR) is 120 cm³/mol. The van der Waals surface area contributed by atoms with E-state index in [2.05, 4.69) is 31.1 Å². The van der Waals surface area contributed by atoms with Gasteiger partial charge in [-0.3, -0.25) is 4.98 Å². The monoisotopic (exact) mass is 489 g/mol. The Kier molecular flexibility index (Phi) is 6.46. The average Bonchev–Trinajstić information content (AvgIpc) is 3.34. The lowest BCUT2D eigenvalue weighted by molar-refractivity contribution is 0.177. The van der Waals surface area contributed by atoms with Crippen LogP contribution >= 0.6 is 28.1 Å². The van der Waals surface area contributed by atoms with E-state index < -0.39 is 0 Å². The molecular weight excluding hydrogens is 469 g/mol. The number of hydrogen-bond donors (Lipinski definition) is 1. The number of halogens is 2. The van der Waals surface area contributed by atoms with Crippen molar-refractivity contribution in [2.24, 2.45) is 0 Å². The van der Waals surface area contributed by atoms with Gasteiger partial charge in [-0.2, -0.15) is 0 Å². The second-order valence-corrected chi connectivity index (χ2v) is 8.29. The first-order valence-corrected chi connectivity index (χ1v) is 10.8. The van der Waals surface area contributed by atoms with Gasteiger partial charge in [0, 0.05) is 30.9 Å². The van der Waals surface area contributed by atoms with Crippen LogP contribution in [0.2, 0.25) is 0 Å². The summed E-state index contributed by atoms with van der Waals surface area (Å²) in [6, 6.07) is 14.0. The Labute approximate surface area is 188 Å². The Morgan fingerprint density at radius 2 is 2.13 bits per heavy atom. The molecule has 1 aliphatic heterocycles. The first-order valence-electron chi connectivity index (χ1n) is 9.60. The molecule has 0 saturated carbocycles. The van der Waals surface area contributed by atoms with Crippen LogP contribution in [0.15, 0.2) is 63.6 Å². The number of rotatable bonds is 7. The van der Waals surface area contributed by atoms with E-state index in [1.165, 1.54) is 6.07 Å². The Morgan fingerprint density at radius 1 is 1.27 bits per heavy atom. The molecule has 0 radical (unpaired) electrons. The van der Waals surface area contributed by atoms with E-state index in [1.807, 2.05) is 24.3 Å². The van der Waals surface area contributed by atoms with Gasteiger partial charge >= 0.3 is 0 Å². The molecule has 0 amide bonds. The number of hydrogen-bond acceptors (Lipinski definition) is 4. The third kappa shape index (κ3) is 4.26. The average molecular weight is 490 g/mol. The number of ether oxygens (including phenoxy) is 1. The second-order valence-electron chi connectivity index (χ2n) is 6.99. The minimum absolute atomic E-state index is 0.171. The Hall–Kier alpha value is -2.29. The van der Waals surface area contributed by atoms with Crippen LogP contribution in [0.4, 0.5) is 4.39 Å². The predicted octanol–water partition coefficient (Wildman–Crippen LogP) is 5.25. The molecule has 30 heavy (non-hydrogen) atoms. The van der Waals surface area contributed by atoms with Gasteiger partial charge in [-0.05, 0) is 61.1 Å². The van der Waals surface area contributed by atoms with Crippen molar-refractivity contribution in [1.29, 1.82) is 0 Å². The van der Waals surface area contributed by atoms with Crippen LogP contribution < -0.4 is 5.32 Å². The molecule has 2 unspecified atom stereocenters. The van der Waals surface area contributed by atoms with Gasteiger partial charge in [-0.25, -0.2) is 4.39 Å². The highest BCUT2D eigenvalue weighted by atomic mass is 79.9. The molecule has 0 bridgehead atoms. The molecule has 4 rings (SSSR count). The zero-order chi connectivity index (χ0) is 21.1. The summed E-state index contributed by atoms with van der Waals surface area (Å²) in [5.41, 5.74) is 1.28. The van der Waals surface area contributed by atoms with E-state index in [0.29, 0.717) is 39.8 Å². The first-order chi connectivity index (χ1) is 14.6. The normalized spacial score (nSPS) is 18.6. The number of furan rings is 1. The lowest BCUT2D eigenvalue weighted by Gasteiger charge is -2.26. The summed E-state index contributed by atoms with van der Waals surface area (Å²) in [5.74, 6) is 0.834. The van der Waals surface area contributed by atoms with Crippen molar-refractivity contribution in [2.45, 2.75) is 18.5 Å². The number of nitrogens with one attached hydrogen (secondary N) is 1. The number of pyridine rings is 1. The summed E-state index contributed by atoms with van der Waals surface area (Å²) >= 11 is 8.91. The summed E-state index contributed by atoms with van der Waals surface area (Å²) in [6.45, 7) is 1.34. The third-order valence-corrected chi connectivity index (χ3v) is 5.91. The number of methoxy groups -OCH3 is 1. The van der Waals surface area contributed by atoms with Gasteiger partial charge < -0.3 is 19.4 Å². The van der Waals surface area contributed by atoms with Crippen molar-refractivity contribution in [3.63, 3.8) is 0 Å². The van der Waals surface area contributed by atoms with Gasteiger partial charge in [0.1, 0.15) is 23.4 Å². The topological polar surface area (TPSA) is 50.5 Å². The molecule has 2 atom stereocenters. The van der Waals surface area contributed by atoms with E-state index in [0.717, 1.165) is 12.1 Å². The third-order valence-electron chi connectivity index (χ3n) is 5.06. The number of nitrogens with zero attached hydrogens (tertiary/aromatic N) is 2. The molecule has 3 heterocycles. The van der Waals surface area contributed by atoms with Crippen LogP contribution in [0.1, 0.15) is 30.0 Å². The maximum atomic E-state index is 14.5. The van der Waals surface area contributed by atoms with Gasteiger partial charge in [-0.1, -0.05) is 22.0 Å². The first kappa shape index (κ1) is 21.0. The highest BCUT2D eigenvalue weighted by Crippen LogP contribution is 2.40. The van der Waals surface area contributed by atoms with E-state index >= 15 is 0 Å². The Balaban J connectivity index is 1.69. The minimum Gasteiger partial charge on any atom is -0.459 e. The van der Waals surface area contributed by atoms with E-state index in [4.69, 9.17) is 21.4 Å². The summed E-state index contributed by atoms with van der Waals surface area (Å²) in [7, 11) is 1.68. The van der Waals surface area contributed by atoms with Gasteiger partial charge in [0.2, 0.25) is 0 Å². The van der Waals surface area contributed by atoms with Crippen molar-refractivity contribution in [3.05, 3.63) is 76.5 Å². The molecule has 0 aliphatic carbocycles. The van der Waals surface area contributed by atoms with Crippen LogP contribution in [-0.2, 0) is 4.74 Å². The Morgan fingerprint density at radius 3 is 2.87 bits per heavy atom. The molecule has 3 aromatic rings. The van der Waals surface area contributed by atoms with Crippen molar-refractivity contribution >= 4 is 33.3 Å². The zero-order valence-corrected chi connectivity index (χ0v) is 18.7. The van der Waals surface area contributed by atoms with Gasteiger partial charge in [0.05, 0.1) is 17.3 Å². The van der Waals surface area contributed by atoms with Crippen molar-refractivity contribution in [1.82, 2.24) is 15.2 Å². The largest absolute Gasteiger partial charge is 0.459 e. The molecule has 1 aliphatic rings. The highest BCUT2D eigenvalue weighted by Gasteiger charge is 2.41. The fourth-order valence-corrected chi connectivity index (χ4v) is 4.35. The quantitative estimate of drug-likeness (QED) is 0.361. The standard InChI is InChI=1S/C22H21BrFN3O2S/c1-28-12-4-11-27-21(20(26-22(27)30)17-5-2-3-10-25-17)19-9-8-18(29-19)15-7-6-14(23)13-16(15)24/h2-3,5-10,13,20-21H,4,11-12H2,1H3,(H,26,30). The SMILES string of the molecule is COCCCN1C(=S)NC(c2ccccn2)C1c1ccc(-c2ccc(Br)cc2F)o1. The molecule has 2 aromatic heterocycles. The van der Waals surface area contributed by atoms with E-state index in [-0.39, 0.29) is 17.9 Å². The number of aromatic nitrogens is 1. The fourth-order valence-electron chi connectivity index (χ4n) is 3.68. The molecular formula is C22H21BrFN3O2S. The van der Waals surface area contributed by atoms with Gasteiger partial charge in [0.15, 0.2) is 5.11 Å². The van der Waals surface area contributed by atoms with Crippen LogP contribution in [-0.4, -0.2) is 35.3 Å². The molecule has 0 spiro atoms. The van der Waals surface area contributed by atoms with Crippen LogP contribution in [0.25, 0.3) is 11.3 Å². The van der Waals surface area contributed by atoms with Crippen molar-refractivity contribution in [3.8, 4) is 11.3 Å². The van der Waals surface area contributed by atoms with Gasteiger partial charge in [-0.15, -0.1) is 0 Å². The zero-order valence-electron chi connectivity index (χ0n) is 16.3. The summed E-state index contributed by atoms with van der Waals surface area (Å²) in [6.07, 6.45) is 2.58. The summed E-state index contributed by atoms with van der Waals surface area (Å²) in [5, 5.41) is 4.02. The van der Waals surface area contributed by atoms with Crippen molar-refractivity contribution < 1.29 is 13.5 Å². The number of thiocarbonyl (C=S) groups is 1. The molecule has 5 nitrogen and oxygen atoms in total. The van der Waals surface area contributed by atoms with E-state index in [1.54, 1.807) is 31.5 Å². The molecule has 1 aromatic carbocycles. The Bertz CT molecular complexity index is 1030. The summed E-state index contributed by atoms with van der Waals surface area (Å²) < 4.78 is 26.5. The summed E-state index contributed by atoms with van der Waals surface area (Å²) in [4.78, 5) is 6.60. The van der Waals surface area contributed by atoms with Crippen molar-refractivity contribution in [2.75, 3.05) is 20.3 Å². The fraction of sp³-hybridized carbons (Fsp3) is 0.273. The van der Waals surface area contributed by atoms with Gasteiger partial charge in [0.25, 0.3) is 0 Å². The molecule has 156 valence electrons. The van der Waals surface area contributed by atoms with Crippen LogP contribution in [0.3, 0.4) is 0 Å². The van der Waals surface area contributed by atoms with Crippen LogP contribution in [0.5, 0.6) is 0 Å². The van der Waals surface area contributed by atoms with E-state index in [9.17, 15) is 4.39 Å². The molecule has 1 saturated heterocycles. The van der Waals surface area contributed by atoms with Crippen LogP contribution in [0, 0.1) is 5.82 Å². The maximum absolute atomic E-state index is 14.5. The smallest absolute Gasteiger partial charge is 0.170 e. The lowest BCUT2D eigenvalue weighted by atomic mass is 10.0. The second kappa shape index (κ2) is 9.24. The molecule has 8 heteroatoms. The maximum Gasteiger partial charge on any atom is 0.170 e. The molecule has 1 N–H and O–H groups in total.